The molecule has 0 unspecified atom stereocenters. The molecule has 5 N–H and O–H groups in total. The number of rotatable bonds is 10. The summed E-state index contributed by atoms with van der Waals surface area (Å²) in [7, 11) is 1.00. The SMILES string of the molecule is CC.CO.NC1CCC(Cc2cncc(-c3cccc(/C=C/C(=O)O)c3)n2)CC1.O=C/C=C/c1cccc(-c2cncc(NC3CCCCC3)n2)c1. The summed E-state index contributed by atoms with van der Waals surface area (Å²) in [5.74, 6) is 0.511. The van der Waals surface area contributed by atoms with Crippen LogP contribution in [0.2, 0.25) is 0 Å². The molecule has 6 rings (SSSR count). The number of aromatic nitrogens is 4. The third-order valence-corrected chi connectivity index (χ3v) is 8.82. The maximum Gasteiger partial charge on any atom is 0.328 e. The third kappa shape index (κ3) is 14.3. The van der Waals surface area contributed by atoms with Gasteiger partial charge in [-0.25, -0.2) is 14.8 Å². The monoisotopic (exact) mass is 706 g/mol. The van der Waals surface area contributed by atoms with E-state index in [0.717, 1.165) is 96.7 Å². The molecule has 0 aliphatic heterocycles. The average molecular weight is 707 g/mol. The van der Waals surface area contributed by atoms with Crippen molar-refractivity contribution in [3.63, 3.8) is 0 Å². The number of carboxylic acids is 1. The number of nitrogens with one attached hydrogen (secondary N) is 1. The van der Waals surface area contributed by atoms with Crippen LogP contribution in [0.1, 0.15) is 88.5 Å². The van der Waals surface area contributed by atoms with Gasteiger partial charge in [0.25, 0.3) is 0 Å². The largest absolute Gasteiger partial charge is 0.478 e. The Bertz CT molecular complexity index is 1710. The summed E-state index contributed by atoms with van der Waals surface area (Å²) >= 11 is 0. The predicted octanol–water partition coefficient (Wildman–Crippen LogP) is 8.04. The number of benzene rings is 2. The van der Waals surface area contributed by atoms with Gasteiger partial charge < -0.3 is 21.3 Å². The molecule has 2 aromatic carbocycles. The van der Waals surface area contributed by atoms with E-state index >= 15 is 0 Å². The van der Waals surface area contributed by atoms with Crippen molar-refractivity contribution in [1.82, 2.24) is 19.9 Å². The first-order valence-electron chi connectivity index (χ1n) is 18.3. The quantitative estimate of drug-likeness (QED) is 0.0937. The second kappa shape index (κ2) is 23.4. The summed E-state index contributed by atoms with van der Waals surface area (Å²) in [4.78, 5) is 39.2. The van der Waals surface area contributed by atoms with Crippen molar-refractivity contribution in [2.24, 2.45) is 11.7 Å². The molecule has 0 radical (unpaired) electrons. The van der Waals surface area contributed by atoms with Gasteiger partial charge in [-0.3, -0.25) is 14.8 Å². The van der Waals surface area contributed by atoms with Crippen LogP contribution in [0.25, 0.3) is 34.7 Å². The second-order valence-electron chi connectivity index (χ2n) is 12.6. The van der Waals surface area contributed by atoms with Gasteiger partial charge in [-0.15, -0.1) is 0 Å². The normalized spacial score (nSPS) is 17.1. The van der Waals surface area contributed by atoms with Crippen molar-refractivity contribution in [1.29, 1.82) is 0 Å². The van der Waals surface area contributed by atoms with Crippen molar-refractivity contribution in [2.75, 3.05) is 12.4 Å². The van der Waals surface area contributed by atoms with Gasteiger partial charge in [-0.2, -0.15) is 0 Å². The van der Waals surface area contributed by atoms with Crippen LogP contribution in [0.15, 0.2) is 85.5 Å². The maximum atomic E-state index is 10.7. The van der Waals surface area contributed by atoms with E-state index in [2.05, 4.69) is 15.3 Å². The molecular weight excluding hydrogens is 652 g/mol. The number of carbonyl (C=O) groups excluding carboxylic acids is 1. The van der Waals surface area contributed by atoms with E-state index in [4.69, 9.17) is 25.9 Å². The first-order chi connectivity index (χ1) is 25.4. The van der Waals surface area contributed by atoms with E-state index in [9.17, 15) is 9.59 Å². The van der Waals surface area contributed by atoms with Crippen LogP contribution in [0.5, 0.6) is 0 Å². The molecule has 0 amide bonds. The van der Waals surface area contributed by atoms with Gasteiger partial charge >= 0.3 is 5.97 Å². The van der Waals surface area contributed by atoms with Crippen LogP contribution in [-0.2, 0) is 16.0 Å². The number of aldehydes is 1. The third-order valence-electron chi connectivity index (χ3n) is 8.82. The Morgan fingerprint density at radius 3 is 2.02 bits per heavy atom. The summed E-state index contributed by atoms with van der Waals surface area (Å²) in [6.45, 7) is 4.00. The predicted molar refractivity (Wildman–Crippen MR) is 210 cm³/mol. The Morgan fingerprint density at radius 2 is 1.40 bits per heavy atom. The molecule has 2 saturated carbocycles. The number of nitrogens with zero attached hydrogens (tertiary/aromatic N) is 4. The highest BCUT2D eigenvalue weighted by atomic mass is 16.4. The summed E-state index contributed by atoms with van der Waals surface area (Å²) < 4.78 is 0. The molecule has 0 bridgehead atoms. The van der Waals surface area contributed by atoms with Crippen molar-refractivity contribution >= 4 is 30.2 Å². The van der Waals surface area contributed by atoms with Crippen LogP contribution in [0, 0.1) is 5.92 Å². The number of aliphatic carboxylic acids is 1. The standard InChI is InChI=1S/C20H23N3O2.C19H21N3O.C2H6.CH4O/c21-17-7-4-15(5-8-17)11-18-12-22-13-19(23-18)16-3-1-2-14(10-16)6-9-20(24)25;23-11-5-7-15-6-4-8-16(12-15)18-13-20-14-19(22-18)21-17-9-2-1-3-10-17;2*1-2/h1-3,6,9-10,12-13,15,17H,4-5,7-8,11,21H2,(H,24,25);4-8,11-14,17H,1-3,9-10H2,(H,21,22);1-2H3;2H,1H3/b9-6+;7-5+;;. The first kappa shape index (κ1) is 41.4. The molecule has 2 aliphatic rings. The van der Waals surface area contributed by atoms with E-state index in [1.807, 2.05) is 68.6 Å². The minimum Gasteiger partial charge on any atom is -0.478 e. The lowest BCUT2D eigenvalue weighted by Crippen LogP contribution is -2.27. The average Bonchev–Trinajstić information content (AvgIpc) is 3.20. The first-order valence-corrected chi connectivity index (χ1v) is 18.3. The molecule has 0 spiro atoms. The Labute approximate surface area is 308 Å². The highest BCUT2D eigenvalue weighted by molar-refractivity contribution is 5.85. The number of hydrogen-bond donors (Lipinski definition) is 4. The molecule has 0 atom stereocenters. The van der Waals surface area contributed by atoms with Gasteiger partial charge in [0.15, 0.2) is 0 Å². The fraction of sp³-hybridized carbons (Fsp3) is 0.381. The smallest absolute Gasteiger partial charge is 0.328 e. The number of carboxylic acid groups (broad SMARTS) is 1. The van der Waals surface area contributed by atoms with Crippen LogP contribution in [0.3, 0.4) is 0 Å². The van der Waals surface area contributed by atoms with Gasteiger partial charge in [-0.05, 0) is 86.3 Å². The second-order valence-corrected chi connectivity index (χ2v) is 12.6. The van der Waals surface area contributed by atoms with Crippen LogP contribution < -0.4 is 11.1 Å². The van der Waals surface area contributed by atoms with Crippen molar-refractivity contribution in [3.8, 4) is 22.5 Å². The molecule has 2 heterocycles. The minimum absolute atomic E-state index is 0.357. The van der Waals surface area contributed by atoms with Crippen molar-refractivity contribution in [2.45, 2.75) is 90.1 Å². The maximum absolute atomic E-state index is 10.7. The Morgan fingerprint density at radius 1 is 0.808 bits per heavy atom. The van der Waals surface area contributed by atoms with Gasteiger partial charge in [0.05, 0.1) is 35.7 Å². The lowest BCUT2D eigenvalue weighted by molar-refractivity contribution is -0.131. The zero-order valence-electron chi connectivity index (χ0n) is 30.7. The number of aliphatic hydroxyl groups is 1. The lowest BCUT2D eigenvalue weighted by Gasteiger charge is -2.25. The van der Waals surface area contributed by atoms with Crippen LogP contribution in [0.4, 0.5) is 5.82 Å². The number of nitrogens with two attached hydrogens (primary N) is 1. The molecule has 2 aromatic heterocycles. The molecule has 2 fully saturated rings. The summed E-state index contributed by atoms with van der Waals surface area (Å²) in [6.07, 6.45) is 25.7. The van der Waals surface area contributed by atoms with Gasteiger partial charge in [0, 0.05) is 42.6 Å². The highest BCUT2D eigenvalue weighted by Crippen LogP contribution is 2.27. The summed E-state index contributed by atoms with van der Waals surface area (Å²) in [5.41, 5.74) is 12.4. The molecule has 0 saturated heterocycles. The van der Waals surface area contributed by atoms with E-state index in [1.165, 1.54) is 38.2 Å². The molecule has 4 aromatic rings. The molecular formula is C42H54N6O4. The molecule has 10 nitrogen and oxygen atoms in total. The zero-order chi connectivity index (χ0) is 37.6. The molecule has 2 aliphatic carbocycles. The van der Waals surface area contributed by atoms with Crippen molar-refractivity contribution < 1.29 is 19.8 Å². The van der Waals surface area contributed by atoms with Gasteiger partial charge in [-0.1, -0.05) is 75.6 Å². The minimum atomic E-state index is -0.959. The van der Waals surface area contributed by atoms with E-state index < -0.39 is 5.97 Å². The molecule has 10 heteroatoms. The van der Waals surface area contributed by atoms with E-state index in [1.54, 1.807) is 30.7 Å². The lowest BCUT2D eigenvalue weighted by atomic mass is 9.84. The molecule has 52 heavy (non-hydrogen) atoms. The number of anilines is 1. The Kier molecular flexibility index (Phi) is 18.6. The Hall–Kier alpha value is -5.06. The summed E-state index contributed by atoms with van der Waals surface area (Å²) in [5, 5.41) is 19.3. The van der Waals surface area contributed by atoms with Gasteiger partial charge in [0.2, 0.25) is 0 Å². The number of allylic oxidation sites excluding steroid dienone is 1. The highest BCUT2D eigenvalue weighted by Gasteiger charge is 2.19. The number of hydrogen-bond acceptors (Lipinski definition) is 9. The van der Waals surface area contributed by atoms with Crippen LogP contribution >= 0.6 is 0 Å². The van der Waals surface area contributed by atoms with Crippen LogP contribution in [-0.4, -0.2) is 61.6 Å². The Balaban J connectivity index is 0.000000257. The van der Waals surface area contributed by atoms with Gasteiger partial charge in [0.1, 0.15) is 12.1 Å². The zero-order valence-corrected chi connectivity index (χ0v) is 30.7. The van der Waals surface area contributed by atoms with E-state index in [0.29, 0.717) is 18.0 Å². The topological polar surface area (TPSA) is 164 Å². The fourth-order valence-corrected chi connectivity index (χ4v) is 6.28. The fourth-order valence-electron chi connectivity index (χ4n) is 6.28. The summed E-state index contributed by atoms with van der Waals surface area (Å²) in [6, 6.07) is 16.5. The van der Waals surface area contributed by atoms with E-state index in [-0.39, 0.29) is 0 Å². The molecule has 276 valence electrons. The number of carbonyl (C=O) groups is 2. The number of aliphatic hydroxyl groups excluding tert-OH is 1. The van der Waals surface area contributed by atoms with Crippen molar-refractivity contribution in [3.05, 3.63) is 102 Å².